The molecule has 5 nitrogen and oxygen atoms in total. The standard InChI is InChI=1S/C18H24N4OS/c1-2-20-17(13-6-4-3-5-7-13)19-22(18(20)24)12-21-14-8-9-15(21)11-16(23)10-14/h3-7,14-16,23H,2,8-12H2,1H3. The van der Waals surface area contributed by atoms with Crippen molar-refractivity contribution in [3.63, 3.8) is 0 Å². The first-order valence-electron chi connectivity index (χ1n) is 8.84. The molecule has 2 bridgehead atoms. The number of nitrogens with zero attached hydrogens (tertiary/aromatic N) is 4. The molecule has 2 aliphatic rings. The van der Waals surface area contributed by atoms with Crippen LogP contribution in [0.3, 0.4) is 0 Å². The van der Waals surface area contributed by atoms with Gasteiger partial charge in [0, 0.05) is 24.2 Å². The molecule has 2 aliphatic heterocycles. The van der Waals surface area contributed by atoms with Crippen LogP contribution in [0.4, 0.5) is 0 Å². The van der Waals surface area contributed by atoms with E-state index in [4.69, 9.17) is 17.3 Å². The Hall–Kier alpha value is -1.50. The van der Waals surface area contributed by atoms with Gasteiger partial charge >= 0.3 is 0 Å². The molecule has 1 aromatic carbocycles. The second-order valence-electron chi connectivity index (χ2n) is 6.88. The molecule has 2 saturated heterocycles. The molecule has 1 N–H and O–H groups in total. The van der Waals surface area contributed by atoms with Crippen molar-refractivity contribution < 1.29 is 5.11 Å². The third-order valence-electron chi connectivity index (χ3n) is 5.43. The monoisotopic (exact) mass is 344 g/mol. The van der Waals surface area contributed by atoms with Crippen molar-refractivity contribution in [2.24, 2.45) is 0 Å². The predicted molar refractivity (Wildman–Crippen MR) is 96.1 cm³/mol. The molecule has 2 atom stereocenters. The highest BCUT2D eigenvalue weighted by atomic mass is 32.1. The van der Waals surface area contributed by atoms with Crippen LogP contribution in [0, 0.1) is 4.77 Å². The van der Waals surface area contributed by atoms with Crippen LogP contribution in [0.25, 0.3) is 11.4 Å². The molecular formula is C18H24N4OS. The van der Waals surface area contributed by atoms with E-state index >= 15 is 0 Å². The predicted octanol–water partition coefficient (Wildman–Crippen LogP) is 3.05. The number of fused-ring (bicyclic) bond motifs is 2. The Morgan fingerprint density at radius 1 is 1.17 bits per heavy atom. The largest absolute Gasteiger partial charge is 0.393 e. The van der Waals surface area contributed by atoms with E-state index in [1.807, 2.05) is 22.9 Å². The number of aliphatic hydroxyl groups excluding tert-OH is 1. The lowest BCUT2D eigenvalue weighted by atomic mass is 10.0. The van der Waals surface area contributed by atoms with Gasteiger partial charge in [0.25, 0.3) is 0 Å². The van der Waals surface area contributed by atoms with Crippen molar-refractivity contribution in [2.45, 2.75) is 64.0 Å². The maximum Gasteiger partial charge on any atom is 0.199 e. The van der Waals surface area contributed by atoms with Crippen LogP contribution in [-0.2, 0) is 13.2 Å². The summed E-state index contributed by atoms with van der Waals surface area (Å²) in [5.74, 6) is 0.937. The highest BCUT2D eigenvalue weighted by Gasteiger charge is 2.40. The Bertz CT molecular complexity index is 755. The van der Waals surface area contributed by atoms with E-state index in [-0.39, 0.29) is 6.10 Å². The number of hydrogen-bond acceptors (Lipinski definition) is 4. The summed E-state index contributed by atoms with van der Waals surface area (Å²) < 4.78 is 4.84. The third kappa shape index (κ3) is 2.72. The summed E-state index contributed by atoms with van der Waals surface area (Å²) in [5.41, 5.74) is 1.10. The summed E-state index contributed by atoms with van der Waals surface area (Å²) in [4.78, 5) is 2.49. The van der Waals surface area contributed by atoms with Gasteiger partial charge in [-0.2, -0.15) is 5.10 Å². The summed E-state index contributed by atoms with van der Waals surface area (Å²) in [5, 5.41) is 14.8. The summed E-state index contributed by atoms with van der Waals surface area (Å²) in [6.45, 7) is 3.65. The molecule has 2 unspecified atom stereocenters. The SMILES string of the molecule is CCn1c(-c2ccccc2)nn(CN2C3CCC2CC(O)C3)c1=S. The normalized spacial score (nSPS) is 26.8. The average molecular weight is 344 g/mol. The minimum Gasteiger partial charge on any atom is -0.393 e. The first-order chi connectivity index (χ1) is 11.7. The van der Waals surface area contributed by atoms with Gasteiger partial charge in [-0.3, -0.25) is 4.90 Å². The zero-order chi connectivity index (χ0) is 16.7. The van der Waals surface area contributed by atoms with Gasteiger partial charge < -0.3 is 9.67 Å². The molecule has 0 aliphatic carbocycles. The molecular weight excluding hydrogens is 320 g/mol. The molecule has 1 aromatic heterocycles. The fourth-order valence-corrected chi connectivity index (χ4v) is 4.56. The van der Waals surface area contributed by atoms with E-state index in [1.165, 1.54) is 12.8 Å². The van der Waals surface area contributed by atoms with Gasteiger partial charge in [0.2, 0.25) is 0 Å². The molecule has 0 saturated carbocycles. The molecule has 24 heavy (non-hydrogen) atoms. The Labute approximate surface area is 147 Å². The van der Waals surface area contributed by atoms with E-state index in [0.29, 0.717) is 12.1 Å². The molecule has 128 valence electrons. The molecule has 0 amide bonds. The summed E-state index contributed by atoms with van der Waals surface area (Å²) in [7, 11) is 0. The smallest absolute Gasteiger partial charge is 0.199 e. The van der Waals surface area contributed by atoms with Crippen molar-refractivity contribution in [2.75, 3.05) is 0 Å². The lowest BCUT2D eigenvalue weighted by Gasteiger charge is -2.36. The Kier molecular flexibility index (Phi) is 4.28. The van der Waals surface area contributed by atoms with Crippen LogP contribution in [0.2, 0.25) is 0 Å². The molecule has 0 radical (unpaired) electrons. The fourth-order valence-electron chi connectivity index (χ4n) is 4.25. The molecule has 0 spiro atoms. The Morgan fingerprint density at radius 3 is 2.46 bits per heavy atom. The maximum absolute atomic E-state index is 9.99. The van der Waals surface area contributed by atoms with Gasteiger partial charge in [-0.05, 0) is 44.8 Å². The van der Waals surface area contributed by atoms with Crippen molar-refractivity contribution in [3.8, 4) is 11.4 Å². The van der Waals surface area contributed by atoms with Gasteiger partial charge in [0.15, 0.2) is 10.6 Å². The van der Waals surface area contributed by atoms with E-state index in [0.717, 1.165) is 42.2 Å². The quantitative estimate of drug-likeness (QED) is 0.866. The minimum atomic E-state index is -0.139. The first-order valence-corrected chi connectivity index (χ1v) is 9.25. The third-order valence-corrected chi connectivity index (χ3v) is 5.86. The van der Waals surface area contributed by atoms with Gasteiger partial charge in [-0.15, -0.1) is 0 Å². The van der Waals surface area contributed by atoms with E-state index in [9.17, 15) is 5.11 Å². The number of aliphatic hydroxyl groups is 1. The Morgan fingerprint density at radius 2 is 1.83 bits per heavy atom. The number of rotatable bonds is 4. The van der Waals surface area contributed by atoms with E-state index in [2.05, 4.69) is 28.5 Å². The lowest BCUT2D eigenvalue weighted by Crippen LogP contribution is -2.45. The summed E-state index contributed by atoms with van der Waals surface area (Å²) in [6, 6.07) is 11.2. The van der Waals surface area contributed by atoms with Crippen LogP contribution in [0.1, 0.15) is 32.6 Å². The second-order valence-corrected chi connectivity index (χ2v) is 7.25. The van der Waals surface area contributed by atoms with Crippen LogP contribution in [0.5, 0.6) is 0 Å². The van der Waals surface area contributed by atoms with Crippen molar-refractivity contribution in [1.29, 1.82) is 0 Å². The van der Waals surface area contributed by atoms with Crippen molar-refractivity contribution in [1.82, 2.24) is 19.2 Å². The highest BCUT2D eigenvalue weighted by Crippen LogP contribution is 2.36. The van der Waals surface area contributed by atoms with Crippen LogP contribution in [-0.4, -0.2) is 42.5 Å². The maximum atomic E-state index is 9.99. The number of aromatic nitrogens is 3. The Balaban J connectivity index is 1.65. The van der Waals surface area contributed by atoms with Gasteiger partial charge in [-0.1, -0.05) is 30.3 Å². The average Bonchev–Trinajstić information content (AvgIpc) is 3.03. The van der Waals surface area contributed by atoms with Gasteiger partial charge in [0.05, 0.1) is 12.8 Å². The fraction of sp³-hybridized carbons (Fsp3) is 0.556. The second kappa shape index (κ2) is 6.43. The van der Waals surface area contributed by atoms with Gasteiger partial charge in [0.1, 0.15) is 0 Å². The van der Waals surface area contributed by atoms with Gasteiger partial charge in [-0.25, -0.2) is 4.68 Å². The van der Waals surface area contributed by atoms with E-state index in [1.54, 1.807) is 0 Å². The molecule has 6 heteroatoms. The van der Waals surface area contributed by atoms with Crippen molar-refractivity contribution in [3.05, 3.63) is 35.1 Å². The number of benzene rings is 1. The van der Waals surface area contributed by atoms with E-state index < -0.39 is 0 Å². The zero-order valence-electron chi connectivity index (χ0n) is 14.0. The minimum absolute atomic E-state index is 0.139. The van der Waals surface area contributed by atoms with Crippen molar-refractivity contribution >= 4 is 12.2 Å². The van der Waals surface area contributed by atoms with Crippen LogP contribution in [0.15, 0.2) is 30.3 Å². The summed E-state index contributed by atoms with van der Waals surface area (Å²) >= 11 is 5.69. The zero-order valence-corrected chi connectivity index (χ0v) is 14.8. The first kappa shape index (κ1) is 16.0. The number of piperidine rings is 1. The topological polar surface area (TPSA) is 46.2 Å². The molecule has 2 fully saturated rings. The van der Waals surface area contributed by atoms with Crippen LogP contribution >= 0.6 is 12.2 Å². The molecule has 3 heterocycles. The lowest BCUT2D eigenvalue weighted by molar-refractivity contribution is 0.0152. The van der Waals surface area contributed by atoms with Crippen LogP contribution < -0.4 is 0 Å². The highest BCUT2D eigenvalue weighted by molar-refractivity contribution is 7.71. The number of hydrogen-bond donors (Lipinski definition) is 1. The molecule has 4 rings (SSSR count). The summed E-state index contributed by atoms with van der Waals surface area (Å²) in [6.07, 6.45) is 3.97. The molecule has 2 aromatic rings.